The van der Waals surface area contributed by atoms with Gasteiger partial charge in [-0.05, 0) is 12.1 Å². The highest BCUT2D eigenvalue weighted by Gasteiger charge is 2.19. The van der Waals surface area contributed by atoms with E-state index in [2.05, 4.69) is 0 Å². The first kappa shape index (κ1) is 10.6. The zero-order chi connectivity index (χ0) is 10.7. The Morgan fingerprint density at radius 3 is 2.71 bits per heavy atom. The monoisotopic (exact) mass is 215 g/mol. The van der Waals surface area contributed by atoms with Crippen LogP contribution >= 0.6 is 11.6 Å². The molecule has 0 fully saturated rings. The highest BCUT2D eigenvalue weighted by atomic mass is 35.5. The van der Waals surface area contributed by atoms with Crippen molar-refractivity contribution in [3.63, 3.8) is 0 Å². The van der Waals surface area contributed by atoms with E-state index in [0.29, 0.717) is 0 Å². The number of carbonyl (C=O) groups is 1. The van der Waals surface area contributed by atoms with Crippen molar-refractivity contribution in [1.82, 2.24) is 0 Å². The summed E-state index contributed by atoms with van der Waals surface area (Å²) in [6.45, 7) is 0. The van der Waals surface area contributed by atoms with Crippen LogP contribution in [0.4, 0.5) is 8.78 Å². The maximum Gasteiger partial charge on any atom is 0.182 e. The second kappa shape index (κ2) is 4.16. The Morgan fingerprint density at radius 1 is 1.50 bits per heavy atom. The average Bonchev–Trinajstić information content (AvgIpc) is 2.13. The van der Waals surface area contributed by atoms with Crippen LogP contribution in [0.1, 0.15) is 16.8 Å². The number of Topliss-reactive ketones (excluding diaryl/α,β-unsaturated/α-hetero) is 1. The third-order valence-corrected chi connectivity index (χ3v) is 1.85. The summed E-state index contributed by atoms with van der Waals surface area (Å²) in [6.07, 6.45) is -0.575. The van der Waals surface area contributed by atoms with E-state index in [1.165, 1.54) is 6.07 Å². The molecule has 1 aromatic rings. The number of hydrogen-bond donors (Lipinski definition) is 0. The number of halogens is 3. The van der Waals surface area contributed by atoms with E-state index in [1.807, 2.05) is 0 Å². The SMILES string of the molecule is N#CCC(=O)c1c(F)ccc(Cl)c1F. The second-order valence-electron chi connectivity index (χ2n) is 2.48. The average molecular weight is 216 g/mol. The molecule has 2 nitrogen and oxygen atoms in total. The summed E-state index contributed by atoms with van der Waals surface area (Å²) in [5.74, 6) is -3.04. The minimum absolute atomic E-state index is 0.340. The Hall–Kier alpha value is -1.47. The molecule has 0 saturated heterocycles. The van der Waals surface area contributed by atoms with Gasteiger partial charge in [0, 0.05) is 0 Å². The zero-order valence-corrected chi connectivity index (χ0v) is 7.61. The molecular weight excluding hydrogens is 212 g/mol. The number of ketones is 1. The number of hydrogen-bond acceptors (Lipinski definition) is 2. The summed E-state index contributed by atoms with van der Waals surface area (Å²) in [4.78, 5) is 11.1. The molecule has 0 bridgehead atoms. The van der Waals surface area contributed by atoms with Gasteiger partial charge in [-0.25, -0.2) is 8.78 Å². The van der Waals surface area contributed by atoms with Crippen LogP contribution in [0.2, 0.25) is 5.02 Å². The van der Waals surface area contributed by atoms with Crippen LogP contribution in [-0.2, 0) is 0 Å². The van der Waals surface area contributed by atoms with Crippen molar-refractivity contribution in [2.24, 2.45) is 0 Å². The molecule has 1 rings (SSSR count). The van der Waals surface area contributed by atoms with Crippen LogP contribution in [0.15, 0.2) is 12.1 Å². The maximum atomic E-state index is 13.1. The molecule has 0 N–H and O–H groups in total. The van der Waals surface area contributed by atoms with Gasteiger partial charge in [-0.15, -0.1) is 0 Å². The van der Waals surface area contributed by atoms with E-state index in [4.69, 9.17) is 16.9 Å². The standard InChI is InChI=1S/C9H4ClF2NO/c10-5-1-2-6(11)8(9(5)12)7(14)3-4-13/h1-2H,3H2. The van der Waals surface area contributed by atoms with Gasteiger partial charge in [0.25, 0.3) is 0 Å². The lowest BCUT2D eigenvalue weighted by atomic mass is 10.1. The molecule has 0 aliphatic rings. The largest absolute Gasteiger partial charge is 0.293 e. The smallest absolute Gasteiger partial charge is 0.182 e. The lowest BCUT2D eigenvalue weighted by Gasteiger charge is -2.02. The Bertz CT molecular complexity index is 426. The van der Waals surface area contributed by atoms with Gasteiger partial charge in [-0.1, -0.05) is 11.6 Å². The van der Waals surface area contributed by atoms with Crippen molar-refractivity contribution in [3.05, 3.63) is 34.4 Å². The molecule has 0 spiro atoms. The molecule has 0 atom stereocenters. The third kappa shape index (κ3) is 1.88. The summed E-state index contributed by atoms with van der Waals surface area (Å²) >= 11 is 5.35. The summed E-state index contributed by atoms with van der Waals surface area (Å²) in [7, 11) is 0. The Kier molecular flexibility index (Phi) is 3.15. The minimum atomic E-state index is -1.12. The maximum absolute atomic E-state index is 13.1. The van der Waals surface area contributed by atoms with E-state index >= 15 is 0 Å². The fourth-order valence-electron chi connectivity index (χ4n) is 0.943. The van der Waals surface area contributed by atoms with Gasteiger partial charge in [-0.2, -0.15) is 5.26 Å². The molecule has 0 aromatic heterocycles. The van der Waals surface area contributed by atoms with Gasteiger partial charge in [0.15, 0.2) is 11.6 Å². The topological polar surface area (TPSA) is 40.9 Å². The third-order valence-electron chi connectivity index (χ3n) is 1.56. The van der Waals surface area contributed by atoms with E-state index in [0.717, 1.165) is 12.1 Å². The molecule has 0 aliphatic heterocycles. The summed E-state index contributed by atoms with van der Waals surface area (Å²) in [5, 5.41) is 7.86. The predicted octanol–water partition coefficient (Wildman–Crippen LogP) is 2.71. The van der Waals surface area contributed by atoms with Gasteiger partial charge >= 0.3 is 0 Å². The first-order valence-corrected chi connectivity index (χ1v) is 3.99. The highest BCUT2D eigenvalue weighted by molar-refractivity contribution is 6.31. The van der Waals surface area contributed by atoms with Crippen molar-refractivity contribution in [1.29, 1.82) is 5.26 Å². The van der Waals surface area contributed by atoms with E-state index < -0.39 is 29.4 Å². The van der Waals surface area contributed by atoms with Gasteiger partial charge in [0.1, 0.15) is 5.82 Å². The summed E-state index contributed by atoms with van der Waals surface area (Å²) in [6, 6.07) is 3.41. The molecule has 0 radical (unpaired) electrons. The molecule has 5 heteroatoms. The summed E-state index contributed by atoms with van der Waals surface area (Å²) < 4.78 is 26.1. The van der Waals surface area contributed by atoms with Crippen LogP contribution in [0.25, 0.3) is 0 Å². The van der Waals surface area contributed by atoms with E-state index in [-0.39, 0.29) is 5.02 Å². The van der Waals surface area contributed by atoms with E-state index in [9.17, 15) is 13.6 Å². The molecule has 0 amide bonds. The molecule has 72 valence electrons. The number of nitriles is 1. The number of nitrogens with zero attached hydrogens (tertiary/aromatic N) is 1. The normalized spacial score (nSPS) is 9.57. The minimum Gasteiger partial charge on any atom is -0.293 e. The van der Waals surface area contributed by atoms with Crippen LogP contribution in [0, 0.1) is 23.0 Å². The van der Waals surface area contributed by atoms with Crippen molar-refractivity contribution in [2.75, 3.05) is 0 Å². The Labute approximate surface area is 83.7 Å². The number of rotatable bonds is 2. The van der Waals surface area contributed by atoms with Crippen molar-refractivity contribution >= 4 is 17.4 Å². The highest BCUT2D eigenvalue weighted by Crippen LogP contribution is 2.21. The molecular formula is C9H4ClF2NO. The Morgan fingerprint density at radius 2 is 2.14 bits per heavy atom. The fourth-order valence-corrected chi connectivity index (χ4v) is 1.10. The van der Waals surface area contributed by atoms with Crippen molar-refractivity contribution in [3.8, 4) is 6.07 Å². The molecule has 1 aromatic carbocycles. The van der Waals surface area contributed by atoms with Crippen LogP contribution < -0.4 is 0 Å². The van der Waals surface area contributed by atoms with Gasteiger partial charge in [-0.3, -0.25) is 4.79 Å². The van der Waals surface area contributed by atoms with Gasteiger partial charge in [0.05, 0.1) is 23.1 Å². The number of benzene rings is 1. The lowest BCUT2D eigenvalue weighted by molar-refractivity contribution is 0.0989. The molecule has 0 aliphatic carbocycles. The van der Waals surface area contributed by atoms with Crippen LogP contribution in [0.5, 0.6) is 0 Å². The summed E-state index contributed by atoms with van der Waals surface area (Å²) in [5.41, 5.74) is -0.751. The number of carbonyl (C=O) groups excluding carboxylic acids is 1. The molecule has 0 unspecified atom stereocenters. The second-order valence-corrected chi connectivity index (χ2v) is 2.88. The molecule has 0 saturated carbocycles. The molecule has 14 heavy (non-hydrogen) atoms. The van der Waals surface area contributed by atoms with Crippen LogP contribution in [-0.4, -0.2) is 5.78 Å². The van der Waals surface area contributed by atoms with Crippen molar-refractivity contribution < 1.29 is 13.6 Å². The Balaban J connectivity index is 3.27. The molecule has 0 heterocycles. The van der Waals surface area contributed by atoms with Crippen molar-refractivity contribution in [2.45, 2.75) is 6.42 Å². The predicted molar refractivity (Wildman–Crippen MR) is 45.9 cm³/mol. The quantitative estimate of drug-likeness (QED) is 0.562. The first-order chi connectivity index (χ1) is 6.57. The van der Waals surface area contributed by atoms with Gasteiger partial charge in [0.2, 0.25) is 0 Å². The van der Waals surface area contributed by atoms with E-state index in [1.54, 1.807) is 0 Å². The zero-order valence-electron chi connectivity index (χ0n) is 6.85. The van der Waals surface area contributed by atoms with Gasteiger partial charge < -0.3 is 0 Å². The van der Waals surface area contributed by atoms with Crippen LogP contribution in [0.3, 0.4) is 0 Å². The first-order valence-electron chi connectivity index (χ1n) is 3.61. The fraction of sp³-hybridized carbons (Fsp3) is 0.111. The lowest BCUT2D eigenvalue weighted by Crippen LogP contribution is -2.05.